The first kappa shape index (κ1) is 13.9. The number of hydrogen-bond donors (Lipinski definition) is 1. The average molecular weight is 229 g/mol. The molecule has 0 aromatic carbocycles. The van der Waals surface area contributed by atoms with Crippen LogP contribution in [-0.2, 0) is 9.47 Å². The number of rotatable bonds is 8. The monoisotopic (exact) mass is 229 g/mol. The van der Waals surface area contributed by atoms with E-state index in [1.807, 2.05) is 7.11 Å². The van der Waals surface area contributed by atoms with Crippen LogP contribution >= 0.6 is 0 Å². The minimum Gasteiger partial charge on any atom is -0.381 e. The van der Waals surface area contributed by atoms with Gasteiger partial charge in [0.2, 0.25) is 0 Å². The third-order valence-electron chi connectivity index (χ3n) is 3.24. The van der Waals surface area contributed by atoms with Crippen molar-refractivity contribution in [3.05, 3.63) is 0 Å². The van der Waals surface area contributed by atoms with Crippen molar-refractivity contribution in [2.75, 3.05) is 26.9 Å². The molecule has 0 aromatic rings. The Kier molecular flexibility index (Phi) is 7.01. The van der Waals surface area contributed by atoms with E-state index in [1.165, 1.54) is 12.8 Å². The third kappa shape index (κ3) is 5.83. The van der Waals surface area contributed by atoms with Gasteiger partial charge in [0.05, 0.1) is 12.7 Å². The van der Waals surface area contributed by atoms with Gasteiger partial charge in [-0.05, 0) is 31.6 Å². The first-order valence-corrected chi connectivity index (χ1v) is 6.56. The molecule has 1 N–H and O–H groups in total. The molecule has 0 bridgehead atoms. The fraction of sp³-hybridized carbons (Fsp3) is 1.00. The summed E-state index contributed by atoms with van der Waals surface area (Å²) in [5.74, 6) is 0.741. The summed E-state index contributed by atoms with van der Waals surface area (Å²) in [7, 11) is 1.81. The van der Waals surface area contributed by atoms with Crippen LogP contribution in [0.5, 0.6) is 0 Å². The van der Waals surface area contributed by atoms with Crippen LogP contribution in [0.1, 0.15) is 39.5 Å². The van der Waals surface area contributed by atoms with Gasteiger partial charge in [-0.15, -0.1) is 0 Å². The maximum atomic E-state index is 5.56. The molecule has 1 rings (SSSR count). The zero-order chi connectivity index (χ0) is 11.8. The maximum Gasteiger partial charge on any atom is 0.0591 e. The van der Waals surface area contributed by atoms with Crippen molar-refractivity contribution in [1.82, 2.24) is 5.32 Å². The number of hydrogen-bond acceptors (Lipinski definition) is 3. The highest BCUT2D eigenvalue weighted by Crippen LogP contribution is 2.20. The number of nitrogens with one attached hydrogen (secondary N) is 1. The van der Waals surface area contributed by atoms with Crippen LogP contribution in [0.25, 0.3) is 0 Å². The van der Waals surface area contributed by atoms with Crippen LogP contribution in [0.4, 0.5) is 0 Å². The van der Waals surface area contributed by atoms with Gasteiger partial charge in [-0.3, -0.25) is 0 Å². The second-order valence-corrected chi connectivity index (χ2v) is 5.12. The summed E-state index contributed by atoms with van der Waals surface area (Å²) in [6.07, 6.45) is 5.23. The molecular formula is C13H27NO2. The van der Waals surface area contributed by atoms with Crippen molar-refractivity contribution in [2.45, 2.75) is 51.7 Å². The summed E-state index contributed by atoms with van der Waals surface area (Å²) in [5.41, 5.74) is 0. The molecule has 0 aromatic heterocycles. The molecule has 0 spiro atoms. The summed E-state index contributed by atoms with van der Waals surface area (Å²) in [6.45, 7) is 7.15. The van der Waals surface area contributed by atoms with Crippen LogP contribution in [0.3, 0.4) is 0 Å². The highest BCUT2D eigenvalue weighted by Gasteiger charge is 2.23. The molecule has 1 fully saturated rings. The lowest BCUT2D eigenvalue weighted by Gasteiger charge is -2.13. The van der Waals surface area contributed by atoms with E-state index in [1.54, 1.807) is 0 Å². The van der Waals surface area contributed by atoms with Crippen molar-refractivity contribution >= 4 is 0 Å². The zero-order valence-corrected chi connectivity index (χ0v) is 11.0. The van der Waals surface area contributed by atoms with E-state index in [-0.39, 0.29) is 0 Å². The Bertz CT molecular complexity index is 173. The molecule has 2 atom stereocenters. The molecule has 0 aliphatic heterocycles. The topological polar surface area (TPSA) is 30.5 Å². The predicted octanol–water partition coefficient (Wildman–Crippen LogP) is 2.21. The van der Waals surface area contributed by atoms with Gasteiger partial charge >= 0.3 is 0 Å². The molecule has 3 heteroatoms. The lowest BCUT2D eigenvalue weighted by Crippen LogP contribution is -2.30. The second kappa shape index (κ2) is 8.04. The second-order valence-electron chi connectivity index (χ2n) is 5.12. The summed E-state index contributed by atoms with van der Waals surface area (Å²) in [5, 5.41) is 3.53. The van der Waals surface area contributed by atoms with Gasteiger partial charge in [-0.1, -0.05) is 13.8 Å². The van der Waals surface area contributed by atoms with Crippen LogP contribution in [-0.4, -0.2) is 39.0 Å². The Morgan fingerprint density at radius 1 is 1.25 bits per heavy atom. The lowest BCUT2D eigenvalue weighted by molar-refractivity contribution is 0.104. The normalized spacial score (nSPS) is 25.5. The Morgan fingerprint density at radius 3 is 2.69 bits per heavy atom. The Balaban J connectivity index is 1.88. The molecule has 1 saturated carbocycles. The molecule has 0 heterocycles. The van der Waals surface area contributed by atoms with Crippen molar-refractivity contribution in [3.8, 4) is 0 Å². The quantitative estimate of drug-likeness (QED) is 0.647. The van der Waals surface area contributed by atoms with E-state index in [4.69, 9.17) is 9.47 Å². The Labute approximate surface area is 99.9 Å². The van der Waals surface area contributed by atoms with Crippen LogP contribution in [0.15, 0.2) is 0 Å². The summed E-state index contributed by atoms with van der Waals surface area (Å²) < 4.78 is 10.9. The molecule has 1 aliphatic rings. The molecule has 0 radical (unpaired) electrons. The Morgan fingerprint density at radius 2 is 2.06 bits per heavy atom. The molecule has 96 valence electrons. The molecule has 0 saturated heterocycles. The fourth-order valence-corrected chi connectivity index (χ4v) is 2.10. The summed E-state index contributed by atoms with van der Waals surface area (Å²) in [4.78, 5) is 0. The molecule has 0 amide bonds. The van der Waals surface area contributed by atoms with Gasteiger partial charge in [0.25, 0.3) is 0 Å². The first-order valence-electron chi connectivity index (χ1n) is 6.56. The van der Waals surface area contributed by atoms with Crippen molar-refractivity contribution < 1.29 is 9.47 Å². The average Bonchev–Trinajstić information content (AvgIpc) is 2.70. The molecule has 1 aliphatic carbocycles. The van der Waals surface area contributed by atoms with E-state index in [0.717, 1.165) is 38.5 Å². The summed E-state index contributed by atoms with van der Waals surface area (Å²) >= 11 is 0. The summed E-state index contributed by atoms with van der Waals surface area (Å²) in [6, 6.07) is 0.638. The smallest absolute Gasteiger partial charge is 0.0591 e. The fourth-order valence-electron chi connectivity index (χ4n) is 2.10. The minimum absolute atomic E-state index is 0.472. The van der Waals surface area contributed by atoms with Crippen LogP contribution in [0.2, 0.25) is 0 Å². The van der Waals surface area contributed by atoms with E-state index in [2.05, 4.69) is 19.2 Å². The molecule has 2 unspecified atom stereocenters. The van der Waals surface area contributed by atoms with Gasteiger partial charge in [0.15, 0.2) is 0 Å². The van der Waals surface area contributed by atoms with Gasteiger partial charge < -0.3 is 14.8 Å². The zero-order valence-electron chi connectivity index (χ0n) is 11.0. The standard InChI is InChI=1S/C13H27NO2/c1-11(2)6-8-16-9-7-14-12-4-5-13(10-12)15-3/h11-14H,4-10H2,1-3H3. The van der Waals surface area contributed by atoms with E-state index < -0.39 is 0 Å². The van der Waals surface area contributed by atoms with E-state index in [9.17, 15) is 0 Å². The van der Waals surface area contributed by atoms with Gasteiger partial charge in [-0.2, -0.15) is 0 Å². The highest BCUT2D eigenvalue weighted by atomic mass is 16.5. The predicted molar refractivity (Wildman–Crippen MR) is 66.7 cm³/mol. The van der Waals surface area contributed by atoms with Crippen molar-refractivity contribution in [1.29, 1.82) is 0 Å². The van der Waals surface area contributed by atoms with Crippen LogP contribution in [0, 0.1) is 5.92 Å². The minimum atomic E-state index is 0.472. The van der Waals surface area contributed by atoms with Gasteiger partial charge in [0, 0.05) is 26.3 Å². The molecular weight excluding hydrogens is 202 g/mol. The first-order chi connectivity index (χ1) is 7.72. The lowest BCUT2D eigenvalue weighted by atomic mass is 10.1. The molecule has 16 heavy (non-hydrogen) atoms. The van der Waals surface area contributed by atoms with Gasteiger partial charge in [0.1, 0.15) is 0 Å². The van der Waals surface area contributed by atoms with Crippen molar-refractivity contribution in [2.24, 2.45) is 5.92 Å². The highest BCUT2D eigenvalue weighted by molar-refractivity contribution is 4.80. The SMILES string of the molecule is COC1CCC(NCCOCCC(C)C)C1. The van der Waals surface area contributed by atoms with Crippen LogP contribution < -0.4 is 5.32 Å². The maximum absolute atomic E-state index is 5.56. The molecule has 3 nitrogen and oxygen atoms in total. The number of ether oxygens (including phenoxy) is 2. The largest absolute Gasteiger partial charge is 0.381 e. The number of methoxy groups -OCH3 is 1. The van der Waals surface area contributed by atoms with Gasteiger partial charge in [-0.25, -0.2) is 0 Å². The van der Waals surface area contributed by atoms with Crippen molar-refractivity contribution in [3.63, 3.8) is 0 Å². The Hall–Kier alpha value is -0.120. The van der Waals surface area contributed by atoms with E-state index in [0.29, 0.717) is 12.1 Å². The third-order valence-corrected chi connectivity index (χ3v) is 3.24. The van der Waals surface area contributed by atoms with E-state index >= 15 is 0 Å².